The maximum absolute atomic E-state index is 13.3. The lowest BCUT2D eigenvalue weighted by Crippen LogP contribution is -2.32. The smallest absolute Gasteiger partial charge is 0.283 e. The Hall–Kier alpha value is -3.31. The number of benzene rings is 3. The Kier molecular flexibility index (Phi) is 5.23. The summed E-state index contributed by atoms with van der Waals surface area (Å²) in [5.74, 6) is -0.663. The van der Waals surface area contributed by atoms with Crippen molar-refractivity contribution in [3.63, 3.8) is 0 Å². The molecule has 2 amide bonds. The standard InChI is InChI=1S/C24H20N2O2S/c1-16-12-14-18(15-13-16)26-23(27)21(25-20-11-7-6-8-17(20)2)22(24(26)28)29-19-9-4-3-5-10-19/h3-15,25H,1-2H3. The number of hydrogen-bond donors (Lipinski definition) is 1. The maximum Gasteiger partial charge on any atom is 0.283 e. The number of thioether (sulfide) groups is 1. The average Bonchev–Trinajstić information content (AvgIpc) is 2.95. The van der Waals surface area contributed by atoms with Crippen molar-refractivity contribution in [1.82, 2.24) is 0 Å². The second kappa shape index (κ2) is 7.97. The molecular formula is C24H20N2O2S. The van der Waals surface area contributed by atoms with E-state index in [9.17, 15) is 9.59 Å². The molecule has 0 aliphatic carbocycles. The molecule has 3 aromatic rings. The minimum Gasteiger partial charge on any atom is -0.350 e. The first-order valence-corrected chi connectivity index (χ1v) is 10.1. The highest BCUT2D eigenvalue weighted by molar-refractivity contribution is 8.04. The first-order chi connectivity index (χ1) is 14.0. The zero-order valence-electron chi connectivity index (χ0n) is 16.2. The molecule has 0 spiro atoms. The fourth-order valence-electron chi connectivity index (χ4n) is 3.10. The lowest BCUT2D eigenvalue weighted by Gasteiger charge is -2.15. The molecule has 1 N–H and O–H groups in total. The number of anilines is 2. The Morgan fingerprint density at radius 1 is 0.759 bits per heavy atom. The van der Waals surface area contributed by atoms with E-state index in [0.717, 1.165) is 21.7 Å². The van der Waals surface area contributed by atoms with Gasteiger partial charge in [0.2, 0.25) is 0 Å². The third kappa shape index (κ3) is 3.82. The van der Waals surface area contributed by atoms with Crippen molar-refractivity contribution in [3.8, 4) is 0 Å². The molecule has 1 aliphatic heterocycles. The molecule has 29 heavy (non-hydrogen) atoms. The van der Waals surface area contributed by atoms with Crippen molar-refractivity contribution in [2.45, 2.75) is 18.7 Å². The number of nitrogens with one attached hydrogen (secondary N) is 1. The Bertz CT molecular complexity index is 1110. The minimum absolute atomic E-state index is 0.304. The van der Waals surface area contributed by atoms with Gasteiger partial charge in [-0.1, -0.05) is 65.9 Å². The van der Waals surface area contributed by atoms with Crippen LogP contribution in [0.4, 0.5) is 11.4 Å². The van der Waals surface area contributed by atoms with Gasteiger partial charge in [-0.2, -0.15) is 0 Å². The number of imide groups is 1. The summed E-state index contributed by atoms with van der Waals surface area (Å²) in [5.41, 5.74) is 3.74. The minimum atomic E-state index is -0.347. The molecule has 1 aliphatic rings. The van der Waals surface area contributed by atoms with Crippen LogP contribution in [0.2, 0.25) is 0 Å². The van der Waals surface area contributed by atoms with Gasteiger partial charge < -0.3 is 5.32 Å². The molecule has 0 bridgehead atoms. The zero-order valence-corrected chi connectivity index (χ0v) is 17.0. The fourth-order valence-corrected chi connectivity index (χ4v) is 4.05. The van der Waals surface area contributed by atoms with Crippen LogP contribution in [0, 0.1) is 13.8 Å². The van der Waals surface area contributed by atoms with Gasteiger partial charge in [0.15, 0.2) is 0 Å². The summed E-state index contributed by atoms with van der Waals surface area (Å²) in [4.78, 5) is 29.1. The number of hydrogen-bond acceptors (Lipinski definition) is 4. The van der Waals surface area contributed by atoms with Gasteiger partial charge in [0.05, 0.1) is 5.69 Å². The molecule has 0 saturated heterocycles. The van der Waals surface area contributed by atoms with Crippen LogP contribution in [-0.2, 0) is 9.59 Å². The monoisotopic (exact) mass is 400 g/mol. The topological polar surface area (TPSA) is 49.4 Å². The van der Waals surface area contributed by atoms with Crippen LogP contribution in [0.5, 0.6) is 0 Å². The van der Waals surface area contributed by atoms with Gasteiger partial charge in [-0.15, -0.1) is 0 Å². The summed E-state index contributed by atoms with van der Waals surface area (Å²) in [5, 5.41) is 3.22. The Morgan fingerprint density at radius 3 is 2.10 bits per heavy atom. The highest BCUT2D eigenvalue weighted by Crippen LogP contribution is 2.38. The van der Waals surface area contributed by atoms with Crippen molar-refractivity contribution in [1.29, 1.82) is 0 Å². The van der Waals surface area contributed by atoms with E-state index in [0.29, 0.717) is 16.3 Å². The summed E-state index contributed by atoms with van der Waals surface area (Å²) in [6, 6.07) is 24.7. The Morgan fingerprint density at radius 2 is 1.41 bits per heavy atom. The Labute approximate surface area is 174 Å². The van der Waals surface area contributed by atoms with Crippen LogP contribution < -0.4 is 10.2 Å². The number of aryl methyl sites for hydroxylation is 2. The van der Waals surface area contributed by atoms with E-state index >= 15 is 0 Å². The van der Waals surface area contributed by atoms with Crippen molar-refractivity contribution in [3.05, 3.63) is 101 Å². The van der Waals surface area contributed by atoms with Crippen molar-refractivity contribution in [2.24, 2.45) is 0 Å². The summed E-state index contributed by atoms with van der Waals surface area (Å²) in [6.07, 6.45) is 0. The summed E-state index contributed by atoms with van der Waals surface area (Å²) in [6.45, 7) is 3.93. The molecule has 3 aromatic carbocycles. The van der Waals surface area contributed by atoms with Gasteiger partial charge in [0.25, 0.3) is 11.8 Å². The van der Waals surface area contributed by atoms with Gasteiger partial charge >= 0.3 is 0 Å². The van der Waals surface area contributed by atoms with Crippen LogP contribution in [-0.4, -0.2) is 11.8 Å². The second-order valence-corrected chi connectivity index (χ2v) is 7.92. The fraction of sp³-hybridized carbons (Fsp3) is 0.0833. The molecule has 1 heterocycles. The van der Waals surface area contributed by atoms with Crippen molar-refractivity contribution >= 4 is 35.0 Å². The first kappa shape index (κ1) is 19.0. The van der Waals surface area contributed by atoms with Crippen LogP contribution in [0.1, 0.15) is 11.1 Å². The quantitative estimate of drug-likeness (QED) is 0.591. The average molecular weight is 401 g/mol. The van der Waals surface area contributed by atoms with E-state index in [1.165, 1.54) is 16.7 Å². The van der Waals surface area contributed by atoms with Gasteiger partial charge in [0.1, 0.15) is 10.6 Å². The van der Waals surface area contributed by atoms with E-state index < -0.39 is 0 Å². The van der Waals surface area contributed by atoms with E-state index in [-0.39, 0.29) is 11.8 Å². The van der Waals surface area contributed by atoms with Crippen LogP contribution in [0.25, 0.3) is 0 Å². The molecular weight excluding hydrogens is 380 g/mol. The van der Waals surface area contributed by atoms with Gasteiger partial charge in [-0.25, -0.2) is 4.90 Å². The second-order valence-electron chi connectivity index (χ2n) is 6.84. The largest absolute Gasteiger partial charge is 0.350 e. The van der Waals surface area contributed by atoms with Gasteiger partial charge in [-0.3, -0.25) is 9.59 Å². The lowest BCUT2D eigenvalue weighted by atomic mass is 10.2. The molecule has 5 heteroatoms. The first-order valence-electron chi connectivity index (χ1n) is 9.30. The number of nitrogens with zero attached hydrogens (tertiary/aromatic N) is 1. The van der Waals surface area contributed by atoms with E-state index in [1.54, 1.807) is 12.1 Å². The third-order valence-corrected chi connectivity index (χ3v) is 5.79. The number of rotatable bonds is 5. The maximum atomic E-state index is 13.3. The van der Waals surface area contributed by atoms with E-state index in [4.69, 9.17) is 0 Å². The molecule has 0 aromatic heterocycles. The van der Waals surface area contributed by atoms with Crippen LogP contribution >= 0.6 is 11.8 Å². The molecule has 0 unspecified atom stereocenters. The molecule has 4 nitrogen and oxygen atoms in total. The summed E-state index contributed by atoms with van der Waals surface area (Å²) < 4.78 is 0. The van der Waals surface area contributed by atoms with Crippen LogP contribution in [0.15, 0.2) is 94.4 Å². The lowest BCUT2D eigenvalue weighted by molar-refractivity contribution is -0.120. The molecule has 0 radical (unpaired) electrons. The molecule has 0 atom stereocenters. The third-order valence-electron chi connectivity index (χ3n) is 4.70. The molecule has 0 saturated carbocycles. The number of para-hydroxylation sites is 1. The SMILES string of the molecule is Cc1ccc(N2C(=O)C(Nc3ccccc3C)=C(Sc3ccccc3)C2=O)cc1. The Balaban J connectivity index is 1.76. The van der Waals surface area contributed by atoms with Crippen molar-refractivity contribution < 1.29 is 9.59 Å². The van der Waals surface area contributed by atoms with Crippen molar-refractivity contribution in [2.75, 3.05) is 10.2 Å². The number of amides is 2. The zero-order chi connectivity index (χ0) is 20.4. The number of carbonyl (C=O) groups excluding carboxylic acids is 2. The normalized spacial score (nSPS) is 13.9. The van der Waals surface area contributed by atoms with E-state index in [1.807, 2.05) is 80.6 Å². The molecule has 144 valence electrons. The highest BCUT2D eigenvalue weighted by Gasteiger charge is 2.40. The van der Waals surface area contributed by atoms with E-state index in [2.05, 4.69) is 5.32 Å². The highest BCUT2D eigenvalue weighted by atomic mass is 32.2. The summed E-state index contributed by atoms with van der Waals surface area (Å²) >= 11 is 1.30. The van der Waals surface area contributed by atoms with Gasteiger partial charge in [-0.05, 0) is 49.7 Å². The van der Waals surface area contributed by atoms with Gasteiger partial charge in [0, 0.05) is 10.6 Å². The number of carbonyl (C=O) groups is 2. The van der Waals surface area contributed by atoms with Crippen LogP contribution in [0.3, 0.4) is 0 Å². The molecule has 4 rings (SSSR count). The predicted octanol–water partition coefficient (Wildman–Crippen LogP) is 5.29. The summed E-state index contributed by atoms with van der Waals surface area (Å²) in [7, 11) is 0. The predicted molar refractivity (Wildman–Crippen MR) is 118 cm³/mol. The molecule has 0 fully saturated rings.